The number of nitrogens with one attached hydrogen (secondary N) is 1. The molecule has 0 aliphatic heterocycles. The number of nitrogens with two attached hydrogens (primary N) is 1. The minimum Gasteiger partial charge on any atom is -0.477 e. The van der Waals surface area contributed by atoms with Crippen molar-refractivity contribution in [1.29, 1.82) is 0 Å². The Morgan fingerprint density at radius 2 is 1.67 bits per heavy atom. The van der Waals surface area contributed by atoms with Crippen LogP contribution in [0.4, 0.5) is 31.5 Å². The molecule has 228 valence electrons. The number of hydrogen-bond donors (Lipinski definition) is 4. The van der Waals surface area contributed by atoms with Gasteiger partial charge in [-0.25, -0.2) is 32.4 Å². The van der Waals surface area contributed by atoms with Gasteiger partial charge in [0.2, 0.25) is 0 Å². The molecule has 1 aromatic carbocycles. The molecule has 0 aliphatic rings. The lowest BCUT2D eigenvalue weighted by Gasteiger charge is -2.22. The van der Waals surface area contributed by atoms with Crippen molar-refractivity contribution in [3.63, 3.8) is 0 Å². The highest BCUT2D eigenvalue weighted by atomic mass is 32.2. The number of sulfonamides is 1. The maximum absolute atomic E-state index is 13.3. The molecule has 42 heavy (non-hydrogen) atoms. The van der Waals surface area contributed by atoms with E-state index in [0.29, 0.717) is 28.4 Å². The van der Waals surface area contributed by atoms with Crippen molar-refractivity contribution in [1.82, 2.24) is 24.3 Å². The van der Waals surface area contributed by atoms with Crippen molar-refractivity contribution >= 4 is 38.1 Å². The fourth-order valence-electron chi connectivity index (χ4n) is 3.39. The molecular formula is C23H22F6N6O5S2. The Kier molecular flexibility index (Phi) is 8.92. The van der Waals surface area contributed by atoms with Gasteiger partial charge in [-0.1, -0.05) is 23.5 Å². The van der Waals surface area contributed by atoms with Crippen LogP contribution in [0, 0.1) is 6.92 Å². The molecule has 0 aliphatic carbocycles. The quantitative estimate of drug-likeness (QED) is 0.225. The number of nitrogen functional groups attached to an aromatic ring is 1. The molecule has 0 radical (unpaired) electrons. The van der Waals surface area contributed by atoms with Crippen LogP contribution < -0.4 is 10.5 Å². The van der Waals surface area contributed by atoms with Crippen LogP contribution in [0.15, 0.2) is 40.7 Å². The molecule has 0 amide bonds. The lowest BCUT2D eigenvalue weighted by atomic mass is 10.1. The van der Waals surface area contributed by atoms with Crippen LogP contribution >= 0.6 is 11.3 Å². The van der Waals surface area contributed by atoms with Crippen LogP contribution in [-0.4, -0.2) is 56.3 Å². The first-order valence-electron chi connectivity index (χ1n) is 11.4. The van der Waals surface area contributed by atoms with Gasteiger partial charge >= 0.3 is 18.3 Å². The molecule has 0 bridgehead atoms. The Bertz CT molecular complexity index is 1710. The van der Waals surface area contributed by atoms with E-state index < -0.39 is 56.4 Å². The number of alkyl halides is 6. The molecule has 3 heterocycles. The summed E-state index contributed by atoms with van der Waals surface area (Å²) in [5, 5.41) is 21.7. The average Bonchev–Trinajstić information content (AvgIpc) is 3.45. The summed E-state index contributed by atoms with van der Waals surface area (Å²) in [7, 11) is -3.67. The standard InChI is InChI=1S/C15H7F6N3O2.C8H15N3O3S2/c16-14(17,18)8-3-1-7(2-4-8)10-5-11(15(19,20)21)24-12(23-10)9(6-22-24)13(25)26;1-5-6(15-7(9)10-5)16(13,14)11-8(2,3)4-12/h1-6H,(H,25,26);11-12H,4H2,1-3H3,(H2,9,10). The Morgan fingerprint density at radius 3 is 2.12 bits per heavy atom. The smallest absolute Gasteiger partial charge is 0.433 e. The van der Waals surface area contributed by atoms with E-state index in [1.54, 1.807) is 20.8 Å². The van der Waals surface area contributed by atoms with Crippen LogP contribution in [0.5, 0.6) is 0 Å². The summed E-state index contributed by atoms with van der Waals surface area (Å²) in [4.78, 5) is 18.8. The topological polar surface area (TPSA) is 173 Å². The minimum atomic E-state index is -4.89. The molecule has 4 aromatic rings. The molecule has 0 saturated carbocycles. The van der Waals surface area contributed by atoms with Gasteiger partial charge in [0.1, 0.15) is 5.56 Å². The first-order valence-corrected chi connectivity index (χ1v) is 13.7. The highest BCUT2D eigenvalue weighted by Crippen LogP contribution is 2.34. The third-order valence-electron chi connectivity index (χ3n) is 5.32. The number of carbonyl (C=O) groups is 1. The number of nitrogens with zero attached hydrogens (tertiary/aromatic N) is 4. The maximum Gasteiger partial charge on any atom is 0.433 e. The number of thiazole rings is 1. The summed E-state index contributed by atoms with van der Waals surface area (Å²) in [6, 6.07) is 3.90. The van der Waals surface area contributed by atoms with Crippen molar-refractivity contribution in [3.8, 4) is 11.3 Å². The van der Waals surface area contributed by atoms with Crippen LogP contribution in [0.1, 0.15) is 41.2 Å². The van der Waals surface area contributed by atoms with Crippen molar-refractivity contribution in [2.75, 3.05) is 12.3 Å². The van der Waals surface area contributed by atoms with Gasteiger partial charge in [-0.3, -0.25) is 0 Å². The lowest BCUT2D eigenvalue weighted by molar-refractivity contribution is -0.142. The van der Waals surface area contributed by atoms with E-state index in [1.165, 1.54) is 0 Å². The summed E-state index contributed by atoms with van der Waals surface area (Å²) in [5.41, 5.74) is 1.11. The Balaban J connectivity index is 0.000000260. The van der Waals surface area contributed by atoms with Crippen LogP contribution in [0.2, 0.25) is 0 Å². The number of aromatic nitrogens is 4. The van der Waals surface area contributed by atoms with Gasteiger partial charge in [0.25, 0.3) is 10.0 Å². The molecule has 11 nitrogen and oxygen atoms in total. The van der Waals surface area contributed by atoms with Gasteiger partial charge in [-0.05, 0) is 39.0 Å². The van der Waals surface area contributed by atoms with Gasteiger partial charge in [0, 0.05) is 5.56 Å². The van der Waals surface area contributed by atoms with Gasteiger partial charge < -0.3 is 15.9 Å². The Labute approximate surface area is 237 Å². The van der Waals surface area contributed by atoms with Gasteiger partial charge in [-0.15, -0.1) is 0 Å². The fourth-order valence-corrected chi connectivity index (χ4v) is 6.09. The summed E-state index contributed by atoms with van der Waals surface area (Å²) in [6.07, 6.45) is -8.77. The van der Waals surface area contributed by atoms with Crippen LogP contribution in [0.3, 0.4) is 0 Å². The number of rotatable bonds is 6. The molecule has 19 heteroatoms. The number of anilines is 1. The molecule has 0 saturated heterocycles. The van der Waals surface area contributed by atoms with Crippen molar-refractivity contribution in [2.45, 2.75) is 42.9 Å². The third-order valence-corrected chi connectivity index (χ3v) is 8.62. The minimum absolute atomic E-state index is 0.0384. The van der Waals surface area contributed by atoms with Gasteiger partial charge in [-0.2, -0.15) is 31.4 Å². The average molecular weight is 641 g/mol. The molecule has 0 atom stereocenters. The molecule has 3 aromatic heterocycles. The van der Waals surface area contributed by atoms with Crippen molar-refractivity contribution in [2.24, 2.45) is 0 Å². The highest BCUT2D eigenvalue weighted by Gasteiger charge is 2.36. The molecule has 0 spiro atoms. The molecule has 5 N–H and O–H groups in total. The lowest BCUT2D eigenvalue weighted by Crippen LogP contribution is -2.46. The molecule has 4 rings (SSSR count). The zero-order valence-electron chi connectivity index (χ0n) is 21.7. The monoisotopic (exact) mass is 640 g/mol. The first-order chi connectivity index (χ1) is 19.2. The van der Waals surface area contributed by atoms with Crippen LogP contribution in [-0.2, 0) is 22.4 Å². The van der Waals surface area contributed by atoms with Crippen molar-refractivity contribution < 1.29 is 49.8 Å². The zero-order valence-corrected chi connectivity index (χ0v) is 23.4. The van der Waals surface area contributed by atoms with Crippen LogP contribution in [0.25, 0.3) is 16.9 Å². The van der Waals surface area contributed by atoms with E-state index in [-0.39, 0.29) is 27.2 Å². The number of benzene rings is 1. The normalized spacial score (nSPS) is 12.7. The van der Waals surface area contributed by atoms with E-state index in [0.717, 1.165) is 29.7 Å². The number of aromatic carboxylic acids is 1. The highest BCUT2D eigenvalue weighted by molar-refractivity contribution is 7.91. The Hall–Kier alpha value is -3.81. The second-order valence-corrected chi connectivity index (χ2v) is 12.2. The first kappa shape index (κ1) is 32.7. The van der Waals surface area contributed by atoms with Gasteiger partial charge in [0.05, 0.1) is 35.3 Å². The summed E-state index contributed by atoms with van der Waals surface area (Å²) < 4.78 is 104. The van der Waals surface area contributed by atoms with E-state index in [1.807, 2.05) is 0 Å². The predicted molar refractivity (Wildman–Crippen MR) is 138 cm³/mol. The molecule has 0 fully saturated rings. The molecular weight excluding hydrogens is 618 g/mol. The number of halogens is 6. The number of carboxylic acids is 1. The second-order valence-electron chi connectivity index (χ2n) is 9.27. The second kappa shape index (κ2) is 11.5. The Morgan fingerprint density at radius 1 is 1.07 bits per heavy atom. The van der Waals surface area contributed by atoms with E-state index in [2.05, 4.69) is 19.8 Å². The van der Waals surface area contributed by atoms with E-state index in [9.17, 15) is 39.6 Å². The molecule has 0 unspecified atom stereocenters. The van der Waals surface area contributed by atoms with Crippen molar-refractivity contribution in [3.05, 3.63) is 59.0 Å². The summed E-state index contributed by atoms with van der Waals surface area (Å²) in [5.74, 6) is -1.54. The number of hydrogen-bond acceptors (Lipinski definition) is 9. The number of carboxylic acid groups (broad SMARTS) is 1. The number of aliphatic hydroxyl groups is 1. The number of fused-ring (bicyclic) bond motifs is 1. The summed E-state index contributed by atoms with van der Waals surface area (Å²) >= 11 is 0.907. The van der Waals surface area contributed by atoms with E-state index in [4.69, 9.17) is 15.9 Å². The largest absolute Gasteiger partial charge is 0.477 e. The number of aliphatic hydroxyl groups excluding tert-OH is 1. The van der Waals surface area contributed by atoms with E-state index >= 15 is 0 Å². The summed E-state index contributed by atoms with van der Waals surface area (Å²) in [6.45, 7) is 4.46. The fraction of sp³-hybridized carbons (Fsp3) is 0.304. The number of aryl methyl sites for hydroxylation is 1. The zero-order chi connectivity index (χ0) is 31.8. The SMILES string of the molecule is Cc1nc(N)sc1S(=O)(=O)NC(C)(C)CO.O=C(O)c1cnn2c(C(F)(F)F)cc(-c3ccc(C(F)(F)F)cc3)nc12. The third kappa shape index (κ3) is 7.33. The predicted octanol–water partition coefficient (Wildman–Crippen LogP) is 4.22. The van der Waals surface area contributed by atoms with Gasteiger partial charge in [0.15, 0.2) is 20.7 Å². The maximum atomic E-state index is 13.3.